The van der Waals surface area contributed by atoms with Crippen molar-refractivity contribution in [2.24, 2.45) is 5.92 Å². The molecule has 1 aliphatic heterocycles. The summed E-state index contributed by atoms with van der Waals surface area (Å²) in [6, 6.07) is 10.1. The Kier molecular flexibility index (Phi) is 3.98. The monoisotopic (exact) mass is 281 g/mol. The maximum absolute atomic E-state index is 9.39. The van der Waals surface area contributed by atoms with Crippen LogP contribution >= 0.6 is 0 Å². The minimum Gasteiger partial charge on any atom is -0.368 e. The highest BCUT2D eigenvalue weighted by Crippen LogP contribution is 2.31. The minimum absolute atomic E-state index is 0.429. The van der Waals surface area contributed by atoms with Crippen LogP contribution in [0.4, 0.5) is 5.69 Å². The number of nitrogens with one attached hydrogen (secondary N) is 1. The number of aromatic nitrogens is 2. The molecule has 5 heteroatoms. The van der Waals surface area contributed by atoms with Crippen molar-refractivity contribution in [2.75, 3.05) is 31.6 Å². The highest BCUT2D eigenvalue weighted by atomic mass is 15.2. The molecule has 1 N–H and O–H groups in total. The topological polar surface area (TPSA) is 64.8 Å². The van der Waals surface area contributed by atoms with Crippen LogP contribution in [0, 0.1) is 17.2 Å². The maximum Gasteiger partial charge on any atom is 0.187 e. The van der Waals surface area contributed by atoms with E-state index in [-0.39, 0.29) is 0 Å². The van der Waals surface area contributed by atoms with Crippen molar-refractivity contribution in [3.05, 3.63) is 30.0 Å². The van der Waals surface area contributed by atoms with Crippen molar-refractivity contribution >= 4 is 16.6 Å². The number of anilines is 1. The van der Waals surface area contributed by atoms with E-state index in [0.717, 1.165) is 42.6 Å². The number of benzene rings is 1. The fourth-order valence-corrected chi connectivity index (χ4v) is 3.16. The SMILES string of the molecule is CNCC1CCCN(c2c(C#N)nnc3ccccc23)C1. The van der Waals surface area contributed by atoms with Gasteiger partial charge in [0.2, 0.25) is 0 Å². The number of nitriles is 1. The van der Waals surface area contributed by atoms with Gasteiger partial charge in [0.15, 0.2) is 5.69 Å². The number of nitrogens with zero attached hydrogens (tertiary/aromatic N) is 4. The Morgan fingerprint density at radius 1 is 1.38 bits per heavy atom. The molecule has 1 aromatic heterocycles. The molecular formula is C16H19N5. The van der Waals surface area contributed by atoms with Gasteiger partial charge in [-0.05, 0) is 38.4 Å². The Balaban J connectivity index is 2.04. The molecule has 21 heavy (non-hydrogen) atoms. The zero-order valence-electron chi connectivity index (χ0n) is 12.2. The summed E-state index contributed by atoms with van der Waals surface area (Å²) in [7, 11) is 1.99. The van der Waals surface area contributed by atoms with Crippen LogP contribution in [0.5, 0.6) is 0 Å². The second-order valence-electron chi connectivity index (χ2n) is 5.54. The lowest BCUT2D eigenvalue weighted by Gasteiger charge is -2.35. The number of piperidine rings is 1. The summed E-state index contributed by atoms with van der Waals surface area (Å²) in [6.45, 7) is 2.95. The number of rotatable bonds is 3. The molecule has 3 rings (SSSR count). The number of hydrogen-bond donors (Lipinski definition) is 1. The summed E-state index contributed by atoms with van der Waals surface area (Å²) >= 11 is 0. The van der Waals surface area contributed by atoms with Crippen LogP contribution in [0.2, 0.25) is 0 Å². The van der Waals surface area contributed by atoms with Gasteiger partial charge in [0.1, 0.15) is 6.07 Å². The van der Waals surface area contributed by atoms with E-state index in [1.807, 2.05) is 31.3 Å². The lowest BCUT2D eigenvalue weighted by Crippen LogP contribution is -2.39. The van der Waals surface area contributed by atoms with Crippen LogP contribution in [-0.4, -0.2) is 36.9 Å². The van der Waals surface area contributed by atoms with E-state index in [0.29, 0.717) is 11.6 Å². The predicted molar refractivity (Wildman–Crippen MR) is 83.1 cm³/mol. The smallest absolute Gasteiger partial charge is 0.187 e. The first-order chi connectivity index (χ1) is 10.3. The van der Waals surface area contributed by atoms with Gasteiger partial charge in [-0.15, -0.1) is 10.2 Å². The highest BCUT2D eigenvalue weighted by molar-refractivity contribution is 5.93. The van der Waals surface area contributed by atoms with Crippen molar-refractivity contribution in [1.82, 2.24) is 15.5 Å². The van der Waals surface area contributed by atoms with Gasteiger partial charge in [0, 0.05) is 18.5 Å². The average molecular weight is 281 g/mol. The van der Waals surface area contributed by atoms with E-state index in [2.05, 4.69) is 26.5 Å². The summed E-state index contributed by atoms with van der Waals surface area (Å²) in [6.07, 6.45) is 2.38. The molecule has 0 saturated carbocycles. The zero-order valence-corrected chi connectivity index (χ0v) is 12.2. The van der Waals surface area contributed by atoms with E-state index in [9.17, 15) is 5.26 Å². The van der Waals surface area contributed by atoms with Crippen LogP contribution in [0.25, 0.3) is 10.9 Å². The largest absolute Gasteiger partial charge is 0.368 e. The molecule has 1 unspecified atom stereocenters. The number of hydrogen-bond acceptors (Lipinski definition) is 5. The summed E-state index contributed by atoms with van der Waals surface area (Å²) in [5.41, 5.74) is 2.23. The van der Waals surface area contributed by atoms with Crippen LogP contribution in [-0.2, 0) is 0 Å². The molecule has 0 amide bonds. The van der Waals surface area contributed by atoms with E-state index in [1.54, 1.807) is 0 Å². The Hall–Kier alpha value is -2.19. The summed E-state index contributed by atoms with van der Waals surface area (Å²) < 4.78 is 0. The van der Waals surface area contributed by atoms with Gasteiger partial charge < -0.3 is 10.2 Å². The molecule has 0 bridgehead atoms. The quantitative estimate of drug-likeness (QED) is 0.931. The molecule has 1 aliphatic rings. The second-order valence-corrected chi connectivity index (χ2v) is 5.54. The third-order valence-electron chi connectivity index (χ3n) is 4.08. The molecule has 2 aromatic rings. The van der Waals surface area contributed by atoms with Gasteiger partial charge in [-0.3, -0.25) is 0 Å². The molecular weight excluding hydrogens is 262 g/mol. The lowest BCUT2D eigenvalue weighted by atomic mass is 9.97. The van der Waals surface area contributed by atoms with Crippen molar-refractivity contribution in [1.29, 1.82) is 5.26 Å². The normalized spacial score (nSPS) is 18.7. The molecule has 1 saturated heterocycles. The standard InChI is InChI=1S/C16H19N5/c1-18-10-12-5-4-8-21(11-12)16-13-6-2-3-7-14(13)19-20-15(16)9-17/h2-3,6-7,12,18H,4-5,8,10-11H2,1H3. The van der Waals surface area contributed by atoms with Crippen molar-refractivity contribution < 1.29 is 0 Å². The molecule has 1 aromatic carbocycles. The maximum atomic E-state index is 9.39. The molecule has 2 heterocycles. The van der Waals surface area contributed by atoms with Gasteiger partial charge in [0.05, 0.1) is 11.2 Å². The third kappa shape index (κ3) is 2.67. The summed E-state index contributed by atoms with van der Waals surface area (Å²) in [5.74, 6) is 0.613. The van der Waals surface area contributed by atoms with Crippen LogP contribution in [0.1, 0.15) is 18.5 Å². The van der Waals surface area contributed by atoms with Crippen LogP contribution < -0.4 is 10.2 Å². The van der Waals surface area contributed by atoms with Gasteiger partial charge in [-0.25, -0.2) is 0 Å². The molecule has 5 nitrogen and oxygen atoms in total. The Morgan fingerprint density at radius 3 is 3.05 bits per heavy atom. The average Bonchev–Trinajstić information content (AvgIpc) is 2.54. The van der Waals surface area contributed by atoms with Gasteiger partial charge in [0.25, 0.3) is 0 Å². The summed E-state index contributed by atoms with van der Waals surface area (Å²) in [5, 5.41) is 21.9. The molecule has 1 fully saturated rings. The zero-order chi connectivity index (χ0) is 14.7. The fraction of sp³-hybridized carbons (Fsp3) is 0.438. The highest BCUT2D eigenvalue weighted by Gasteiger charge is 2.24. The lowest BCUT2D eigenvalue weighted by molar-refractivity contribution is 0.403. The van der Waals surface area contributed by atoms with E-state index in [4.69, 9.17) is 0 Å². The van der Waals surface area contributed by atoms with Crippen molar-refractivity contribution in [3.63, 3.8) is 0 Å². The van der Waals surface area contributed by atoms with Crippen molar-refractivity contribution in [3.8, 4) is 6.07 Å². The second kappa shape index (κ2) is 6.06. The van der Waals surface area contributed by atoms with Gasteiger partial charge in [-0.1, -0.05) is 18.2 Å². The predicted octanol–water partition coefficient (Wildman–Crippen LogP) is 1.94. The van der Waals surface area contributed by atoms with Gasteiger partial charge >= 0.3 is 0 Å². The van der Waals surface area contributed by atoms with Gasteiger partial charge in [-0.2, -0.15) is 5.26 Å². The minimum atomic E-state index is 0.429. The van der Waals surface area contributed by atoms with Crippen LogP contribution in [0.15, 0.2) is 24.3 Å². The summed E-state index contributed by atoms with van der Waals surface area (Å²) in [4.78, 5) is 2.31. The first kappa shape index (κ1) is 13.8. The number of fused-ring (bicyclic) bond motifs is 1. The third-order valence-corrected chi connectivity index (χ3v) is 4.08. The molecule has 0 spiro atoms. The van der Waals surface area contributed by atoms with Crippen molar-refractivity contribution in [2.45, 2.75) is 12.8 Å². The molecule has 108 valence electrons. The first-order valence-electron chi connectivity index (χ1n) is 7.38. The van der Waals surface area contributed by atoms with E-state index < -0.39 is 0 Å². The Labute approximate surface area is 124 Å². The van der Waals surface area contributed by atoms with E-state index >= 15 is 0 Å². The molecule has 0 radical (unpaired) electrons. The molecule has 0 aliphatic carbocycles. The fourth-order valence-electron chi connectivity index (χ4n) is 3.16. The molecule has 1 atom stereocenters. The first-order valence-corrected chi connectivity index (χ1v) is 7.38. The Morgan fingerprint density at radius 2 is 2.24 bits per heavy atom. The van der Waals surface area contributed by atoms with Crippen LogP contribution in [0.3, 0.4) is 0 Å². The van der Waals surface area contributed by atoms with E-state index in [1.165, 1.54) is 6.42 Å². The Bertz CT molecular complexity index is 674.